The third-order valence-corrected chi connectivity index (χ3v) is 5.26. The van der Waals surface area contributed by atoms with Crippen LogP contribution in [0, 0.1) is 11.8 Å². The number of nitrogens with zero attached hydrogens (tertiary/aromatic N) is 2. The van der Waals surface area contributed by atoms with Gasteiger partial charge in [0.2, 0.25) is 0 Å². The average molecular weight is 359 g/mol. The molecule has 1 aliphatic heterocycles. The van der Waals surface area contributed by atoms with Crippen molar-refractivity contribution in [2.75, 3.05) is 25.5 Å². The second kappa shape index (κ2) is 7.97. The van der Waals surface area contributed by atoms with Crippen LogP contribution in [0.4, 0.5) is 5.13 Å². The molecule has 2 atom stereocenters. The van der Waals surface area contributed by atoms with Gasteiger partial charge in [-0.2, -0.15) is 0 Å². The molecule has 0 aliphatic carbocycles. The molecule has 1 fully saturated rings. The van der Waals surface area contributed by atoms with E-state index in [1.807, 2.05) is 5.38 Å². The molecule has 1 N–H and O–H groups in total. The molecule has 1 aromatic heterocycles. The maximum atomic E-state index is 12.3. The average Bonchev–Trinajstić information content (AvgIpc) is 3.00. The standard InChI is InChI=1S/C19H25N3O2S/c1-13-8-14(2)10-22(9-13)11-16-12-25-19(20-16)21-18(23)15-4-6-17(24-3)7-5-15/h4-7,12-14H,8-11H2,1-3H3,(H,20,21,23). The molecule has 6 heteroatoms. The molecule has 2 unspecified atom stereocenters. The Labute approximate surface area is 153 Å². The largest absolute Gasteiger partial charge is 0.497 e. The van der Waals surface area contributed by atoms with Crippen LogP contribution < -0.4 is 10.1 Å². The highest BCUT2D eigenvalue weighted by Crippen LogP contribution is 2.24. The van der Waals surface area contributed by atoms with Gasteiger partial charge in [0.25, 0.3) is 5.91 Å². The summed E-state index contributed by atoms with van der Waals surface area (Å²) in [5, 5.41) is 5.56. The molecule has 1 aliphatic rings. The zero-order valence-corrected chi connectivity index (χ0v) is 15.8. The first-order valence-electron chi connectivity index (χ1n) is 8.65. The SMILES string of the molecule is COc1ccc(C(=O)Nc2nc(CN3CC(C)CC(C)C3)cs2)cc1. The number of hydrogen-bond acceptors (Lipinski definition) is 5. The molecule has 3 rings (SSSR count). The number of anilines is 1. The van der Waals surface area contributed by atoms with Crippen LogP contribution >= 0.6 is 11.3 Å². The molecule has 2 heterocycles. The van der Waals surface area contributed by atoms with Gasteiger partial charge < -0.3 is 4.74 Å². The van der Waals surface area contributed by atoms with Crippen LogP contribution in [0.1, 0.15) is 36.3 Å². The van der Waals surface area contributed by atoms with E-state index in [-0.39, 0.29) is 5.91 Å². The molecule has 1 amide bonds. The zero-order chi connectivity index (χ0) is 17.8. The molecule has 0 saturated carbocycles. The van der Waals surface area contributed by atoms with E-state index in [0.29, 0.717) is 10.7 Å². The van der Waals surface area contributed by atoms with Crippen LogP contribution in [0.5, 0.6) is 5.75 Å². The number of thiazole rings is 1. The minimum atomic E-state index is -0.149. The van der Waals surface area contributed by atoms with Crippen LogP contribution in [0.3, 0.4) is 0 Å². The van der Waals surface area contributed by atoms with Gasteiger partial charge in [-0.15, -0.1) is 11.3 Å². The van der Waals surface area contributed by atoms with Crippen LogP contribution in [0.25, 0.3) is 0 Å². The van der Waals surface area contributed by atoms with Crippen molar-refractivity contribution in [1.82, 2.24) is 9.88 Å². The topological polar surface area (TPSA) is 54.5 Å². The summed E-state index contributed by atoms with van der Waals surface area (Å²) in [4.78, 5) is 19.3. The van der Waals surface area contributed by atoms with E-state index in [0.717, 1.165) is 42.9 Å². The molecule has 25 heavy (non-hydrogen) atoms. The number of amides is 1. The van der Waals surface area contributed by atoms with E-state index in [9.17, 15) is 4.79 Å². The van der Waals surface area contributed by atoms with E-state index in [1.54, 1.807) is 31.4 Å². The van der Waals surface area contributed by atoms with Crippen LogP contribution in [-0.2, 0) is 6.54 Å². The van der Waals surface area contributed by atoms with Gasteiger partial charge in [-0.05, 0) is 42.5 Å². The van der Waals surface area contributed by atoms with E-state index < -0.39 is 0 Å². The summed E-state index contributed by atoms with van der Waals surface area (Å²) in [6.07, 6.45) is 1.30. The Kier molecular flexibility index (Phi) is 5.71. The molecule has 0 spiro atoms. The fourth-order valence-electron chi connectivity index (χ4n) is 3.50. The van der Waals surface area contributed by atoms with Crippen molar-refractivity contribution in [2.45, 2.75) is 26.8 Å². The summed E-state index contributed by atoms with van der Waals surface area (Å²) < 4.78 is 5.11. The van der Waals surface area contributed by atoms with Gasteiger partial charge in [-0.3, -0.25) is 15.0 Å². The van der Waals surface area contributed by atoms with Crippen molar-refractivity contribution in [3.8, 4) is 5.75 Å². The number of hydrogen-bond donors (Lipinski definition) is 1. The maximum Gasteiger partial charge on any atom is 0.257 e. The normalized spacial score (nSPS) is 21.1. The first kappa shape index (κ1) is 17.9. The second-order valence-electron chi connectivity index (χ2n) is 6.97. The van der Waals surface area contributed by atoms with Gasteiger partial charge >= 0.3 is 0 Å². The van der Waals surface area contributed by atoms with Gasteiger partial charge in [0.05, 0.1) is 12.8 Å². The highest BCUT2D eigenvalue weighted by molar-refractivity contribution is 7.13. The van der Waals surface area contributed by atoms with Gasteiger partial charge in [0, 0.05) is 30.6 Å². The lowest BCUT2D eigenvalue weighted by atomic mass is 9.92. The number of carbonyl (C=O) groups is 1. The fraction of sp³-hybridized carbons (Fsp3) is 0.474. The van der Waals surface area contributed by atoms with Crippen molar-refractivity contribution in [1.29, 1.82) is 0 Å². The van der Waals surface area contributed by atoms with E-state index in [2.05, 4.69) is 29.0 Å². The maximum absolute atomic E-state index is 12.3. The smallest absolute Gasteiger partial charge is 0.257 e. The lowest BCUT2D eigenvalue weighted by Gasteiger charge is -2.34. The first-order chi connectivity index (χ1) is 12.0. The lowest BCUT2D eigenvalue weighted by molar-refractivity contribution is 0.102. The summed E-state index contributed by atoms with van der Waals surface area (Å²) in [5.41, 5.74) is 1.62. The Hall–Kier alpha value is -1.92. The van der Waals surface area contributed by atoms with Crippen LogP contribution in [-0.4, -0.2) is 36.0 Å². The summed E-state index contributed by atoms with van der Waals surface area (Å²) in [6, 6.07) is 7.06. The predicted molar refractivity (Wildman–Crippen MR) is 101 cm³/mol. The number of carbonyl (C=O) groups excluding carboxylic acids is 1. The Morgan fingerprint density at radius 1 is 1.28 bits per heavy atom. The van der Waals surface area contributed by atoms with Crippen LogP contribution in [0.2, 0.25) is 0 Å². The number of nitrogens with one attached hydrogen (secondary N) is 1. The summed E-state index contributed by atoms with van der Waals surface area (Å²) in [7, 11) is 1.61. The van der Waals surface area contributed by atoms with Gasteiger partial charge in [-0.1, -0.05) is 13.8 Å². The quantitative estimate of drug-likeness (QED) is 0.880. The molecular formula is C19H25N3O2S. The predicted octanol–water partition coefficient (Wildman–Crippen LogP) is 3.88. The van der Waals surface area contributed by atoms with Crippen molar-refractivity contribution in [3.05, 3.63) is 40.9 Å². The number of piperidine rings is 1. The lowest BCUT2D eigenvalue weighted by Crippen LogP contribution is -2.38. The molecule has 0 bridgehead atoms. The number of methoxy groups -OCH3 is 1. The fourth-order valence-corrected chi connectivity index (χ4v) is 4.20. The van der Waals surface area contributed by atoms with Crippen molar-refractivity contribution >= 4 is 22.4 Å². The van der Waals surface area contributed by atoms with Gasteiger partial charge in [-0.25, -0.2) is 4.98 Å². The Bertz CT molecular complexity index is 704. The molecule has 1 saturated heterocycles. The molecule has 5 nitrogen and oxygen atoms in total. The molecule has 2 aromatic rings. The molecule has 0 radical (unpaired) electrons. The number of rotatable bonds is 5. The van der Waals surface area contributed by atoms with Crippen molar-refractivity contribution in [3.63, 3.8) is 0 Å². The summed E-state index contributed by atoms with van der Waals surface area (Å²) in [5.74, 6) is 2.05. The Balaban J connectivity index is 1.58. The van der Waals surface area contributed by atoms with E-state index in [1.165, 1.54) is 17.8 Å². The van der Waals surface area contributed by atoms with E-state index >= 15 is 0 Å². The number of benzene rings is 1. The van der Waals surface area contributed by atoms with Crippen LogP contribution in [0.15, 0.2) is 29.6 Å². The monoisotopic (exact) mass is 359 g/mol. The molecule has 1 aromatic carbocycles. The summed E-state index contributed by atoms with van der Waals surface area (Å²) in [6.45, 7) is 7.71. The first-order valence-corrected chi connectivity index (χ1v) is 9.53. The molecule has 134 valence electrons. The van der Waals surface area contributed by atoms with Gasteiger partial charge in [0.15, 0.2) is 5.13 Å². The third kappa shape index (κ3) is 4.80. The zero-order valence-electron chi connectivity index (χ0n) is 15.0. The second-order valence-corrected chi connectivity index (χ2v) is 7.82. The molecular weight excluding hydrogens is 334 g/mol. The number of likely N-dealkylation sites (tertiary alicyclic amines) is 1. The van der Waals surface area contributed by atoms with Gasteiger partial charge in [0.1, 0.15) is 5.75 Å². The third-order valence-electron chi connectivity index (χ3n) is 4.45. The number of ether oxygens (including phenoxy) is 1. The number of aromatic nitrogens is 1. The van der Waals surface area contributed by atoms with Crippen molar-refractivity contribution < 1.29 is 9.53 Å². The summed E-state index contributed by atoms with van der Waals surface area (Å²) >= 11 is 1.48. The Morgan fingerprint density at radius 2 is 1.96 bits per heavy atom. The highest BCUT2D eigenvalue weighted by atomic mass is 32.1. The minimum Gasteiger partial charge on any atom is -0.497 e. The van der Waals surface area contributed by atoms with Crippen molar-refractivity contribution in [2.24, 2.45) is 11.8 Å². The van der Waals surface area contributed by atoms with E-state index in [4.69, 9.17) is 4.74 Å². The highest BCUT2D eigenvalue weighted by Gasteiger charge is 2.22. The Morgan fingerprint density at radius 3 is 2.60 bits per heavy atom. The minimum absolute atomic E-state index is 0.149.